The summed E-state index contributed by atoms with van der Waals surface area (Å²) < 4.78 is 0. The third kappa shape index (κ3) is 6.27. The van der Waals surface area contributed by atoms with Gasteiger partial charge in [-0.1, -0.05) is 49.4 Å². The highest BCUT2D eigenvalue weighted by Crippen LogP contribution is 2.27. The number of benzene rings is 3. The van der Waals surface area contributed by atoms with E-state index in [1.54, 1.807) is 30.5 Å². The summed E-state index contributed by atoms with van der Waals surface area (Å²) in [5.41, 5.74) is 4.82. The van der Waals surface area contributed by atoms with Crippen molar-refractivity contribution in [3.63, 3.8) is 0 Å². The lowest BCUT2D eigenvalue weighted by molar-refractivity contribution is -0.120. The minimum atomic E-state index is -0.196. The molecule has 37 heavy (non-hydrogen) atoms. The summed E-state index contributed by atoms with van der Waals surface area (Å²) in [7, 11) is 0. The highest BCUT2D eigenvalue weighted by molar-refractivity contribution is 6.30. The molecule has 1 fully saturated rings. The Morgan fingerprint density at radius 1 is 0.757 bits per heavy atom. The molecule has 4 aromatic rings. The van der Waals surface area contributed by atoms with Crippen LogP contribution in [-0.4, -0.2) is 21.8 Å². The van der Waals surface area contributed by atoms with Gasteiger partial charge in [0, 0.05) is 33.4 Å². The second-order valence-corrected chi connectivity index (χ2v) is 9.88. The number of anilines is 2. The van der Waals surface area contributed by atoms with E-state index in [4.69, 9.17) is 11.6 Å². The molecule has 3 aromatic carbocycles. The van der Waals surface area contributed by atoms with Gasteiger partial charge >= 0.3 is 0 Å². The van der Waals surface area contributed by atoms with Crippen molar-refractivity contribution in [2.45, 2.75) is 38.5 Å². The van der Waals surface area contributed by atoms with E-state index in [0.717, 1.165) is 54.0 Å². The number of imidazole rings is 1. The second kappa shape index (κ2) is 11.4. The SMILES string of the molecule is O=C(Nc1ccc(-c2ncc(-c3ccc(NC(=O)C4CCCCCC4)cc3)[nH]2)cc1)c1ccc(Cl)cc1. The third-order valence-electron chi connectivity index (χ3n) is 6.79. The summed E-state index contributed by atoms with van der Waals surface area (Å²) in [6.45, 7) is 0. The smallest absolute Gasteiger partial charge is 0.255 e. The number of hydrogen-bond acceptors (Lipinski definition) is 3. The van der Waals surface area contributed by atoms with Gasteiger partial charge in [-0.05, 0) is 79.1 Å². The lowest BCUT2D eigenvalue weighted by Crippen LogP contribution is -2.22. The number of halogens is 1. The van der Waals surface area contributed by atoms with Crippen LogP contribution in [-0.2, 0) is 4.79 Å². The van der Waals surface area contributed by atoms with E-state index >= 15 is 0 Å². The van der Waals surface area contributed by atoms with Crippen LogP contribution in [0.3, 0.4) is 0 Å². The highest BCUT2D eigenvalue weighted by Gasteiger charge is 2.20. The van der Waals surface area contributed by atoms with Gasteiger partial charge in [0.1, 0.15) is 5.82 Å². The van der Waals surface area contributed by atoms with Crippen molar-refractivity contribution in [3.8, 4) is 22.6 Å². The minimum Gasteiger partial charge on any atom is -0.338 e. The molecule has 1 heterocycles. The van der Waals surface area contributed by atoms with Crippen LogP contribution in [0.2, 0.25) is 5.02 Å². The average molecular weight is 513 g/mol. The molecule has 0 aliphatic heterocycles. The number of nitrogens with one attached hydrogen (secondary N) is 3. The molecule has 1 aliphatic rings. The van der Waals surface area contributed by atoms with Crippen molar-refractivity contribution in [1.82, 2.24) is 9.97 Å². The van der Waals surface area contributed by atoms with E-state index in [9.17, 15) is 9.59 Å². The van der Waals surface area contributed by atoms with E-state index in [-0.39, 0.29) is 17.7 Å². The summed E-state index contributed by atoms with van der Waals surface area (Å²) >= 11 is 5.89. The van der Waals surface area contributed by atoms with Crippen molar-refractivity contribution >= 4 is 34.8 Å². The van der Waals surface area contributed by atoms with Crippen LogP contribution in [0, 0.1) is 5.92 Å². The van der Waals surface area contributed by atoms with Gasteiger partial charge in [0.25, 0.3) is 5.91 Å². The van der Waals surface area contributed by atoms with E-state index < -0.39 is 0 Å². The molecular formula is C30H29ClN4O2. The predicted octanol–water partition coefficient (Wildman–Crippen LogP) is 7.56. The third-order valence-corrected chi connectivity index (χ3v) is 7.04. The van der Waals surface area contributed by atoms with Gasteiger partial charge < -0.3 is 15.6 Å². The molecule has 7 heteroatoms. The normalized spacial score (nSPS) is 14.1. The summed E-state index contributed by atoms with van der Waals surface area (Å²) in [5.74, 6) is 0.788. The highest BCUT2D eigenvalue weighted by atomic mass is 35.5. The predicted molar refractivity (Wildman–Crippen MR) is 149 cm³/mol. The van der Waals surface area contributed by atoms with Crippen molar-refractivity contribution in [2.24, 2.45) is 5.92 Å². The Morgan fingerprint density at radius 2 is 1.35 bits per heavy atom. The maximum atomic E-state index is 12.6. The quantitative estimate of drug-likeness (QED) is 0.233. The molecule has 2 amide bonds. The molecule has 0 unspecified atom stereocenters. The van der Waals surface area contributed by atoms with Crippen molar-refractivity contribution in [1.29, 1.82) is 0 Å². The van der Waals surface area contributed by atoms with Crippen LogP contribution >= 0.6 is 11.6 Å². The van der Waals surface area contributed by atoms with Crippen molar-refractivity contribution in [2.75, 3.05) is 10.6 Å². The molecule has 188 valence electrons. The molecule has 6 nitrogen and oxygen atoms in total. The van der Waals surface area contributed by atoms with E-state index in [0.29, 0.717) is 16.3 Å². The molecule has 3 N–H and O–H groups in total. The molecule has 0 saturated heterocycles. The standard InChI is InChI=1S/C30H29ClN4O2/c31-24-13-7-23(8-14-24)30(37)34-26-17-11-21(12-18-26)28-32-19-27(35-28)20-9-15-25(16-10-20)33-29(36)22-5-3-1-2-4-6-22/h7-19,22H,1-6H2,(H,32,35)(H,33,36)(H,34,37). The van der Waals surface area contributed by atoms with Crippen LogP contribution < -0.4 is 10.6 Å². The maximum Gasteiger partial charge on any atom is 0.255 e. The van der Waals surface area contributed by atoms with Gasteiger partial charge in [-0.25, -0.2) is 4.98 Å². The summed E-state index contributed by atoms with van der Waals surface area (Å²) in [5, 5.41) is 6.56. The molecule has 0 bridgehead atoms. The van der Waals surface area contributed by atoms with Gasteiger partial charge in [0.15, 0.2) is 0 Å². The molecule has 0 spiro atoms. The van der Waals surface area contributed by atoms with Crippen LogP contribution in [0.1, 0.15) is 48.9 Å². The van der Waals surface area contributed by atoms with E-state index in [1.807, 2.05) is 48.5 Å². The van der Waals surface area contributed by atoms with Crippen molar-refractivity contribution in [3.05, 3.63) is 89.6 Å². The Kier molecular flexibility index (Phi) is 7.66. The largest absolute Gasteiger partial charge is 0.338 e. The van der Waals surface area contributed by atoms with E-state index in [2.05, 4.69) is 20.6 Å². The number of aromatic amines is 1. The van der Waals surface area contributed by atoms with Gasteiger partial charge in [-0.3, -0.25) is 9.59 Å². The van der Waals surface area contributed by atoms with Gasteiger partial charge in [0.2, 0.25) is 5.91 Å². The zero-order valence-electron chi connectivity index (χ0n) is 20.5. The number of amides is 2. The summed E-state index contributed by atoms with van der Waals surface area (Å²) in [6.07, 6.45) is 8.50. The summed E-state index contributed by atoms with van der Waals surface area (Å²) in [4.78, 5) is 33.0. The topological polar surface area (TPSA) is 86.9 Å². The number of nitrogens with zero attached hydrogens (tertiary/aromatic N) is 1. The fourth-order valence-electron chi connectivity index (χ4n) is 4.65. The minimum absolute atomic E-state index is 0.120. The Balaban J connectivity index is 1.20. The number of aromatic nitrogens is 2. The molecule has 0 radical (unpaired) electrons. The molecular weight excluding hydrogens is 484 g/mol. The number of rotatable bonds is 6. The number of carbonyl (C=O) groups is 2. The zero-order valence-corrected chi connectivity index (χ0v) is 21.2. The first-order chi connectivity index (χ1) is 18.0. The van der Waals surface area contributed by atoms with Crippen LogP contribution in [0.4, 0.5) is 11.4 Å². The monoisotopic (exact) mass is 512 g/mol. The first kappa shape index (κ1) is 24.8. The average Bonchev–Trinajstić information content (AvgIpc) is 3.24. The number of H-pyrrole nitrogens is 1. The first-order valence-corrected chi connectivity index (χ1v) is 13.1. The number of carbonyl (C=O) groups excluding carboxylic acids is 2. The molecule has 0 atom stereocenters. The van der Waals surface area contributed by atoms with Gasteiger partial charge in [-0.2, -0.15) is 0 Å². The zero-order chi connectivity index (χ0) is 25.6. The fourth-order valence-corrected chi connectivity index (χ4v) is 4.78. The Bertz CT molecular complexity index is 1350. The van der Waals surface area contributed by atoms with Crippen molar-refractivity contribution < 1.29 is 9.59 Å². The Labute approximate surface area is 221 Å². The summed E-state index contributed by atoms with van der Waals surface area (Å²) in [6, 6.07) is 22.1. The fraction of sp³-hybridized carbons (Fsp3) is 0.233. The lowest BCUT2D eigenvalue weighted by atomic mass is 9.99. The Morgan fingerprint density at radius 3 is 2.00 bits per heavy atom. The maximum absolute atomic E-state index is 12.6. The second-order valence-electron chi connectivity index (χ2n) is 9.44. The van der Waals surface area contributed by atoms with Crippen LogP contribution in [0.25, 0.3) is 22.6 Å². The van der Waals surface area contributed by atoms with Crippen LogP contribution in [0.15, 0.2) is 79.0 Å². The lowest BCUT2D eigenvalue weighted by Gasteiger charge is -2.14. The van der Waals surface area contributed by atoms with Crippen LogP contribution in [0.5, 0.6) is 0 Å². The first-order valence-electron chi connectivity index (χ1n) is 12.7. The molecule has 1 saturated carbocycles. The van der Waals surface area contributed by atoms with Gasteiger partial charge in [0.05, 0.1) is 11.9 Å². The molecule has 1 aliphatic carbocycles. The molecule has 5 rings (SSSR count). The Hall–Kier alpha value is -3.90. The molecule has 1 aromatic heterocycles. The van der Waals surface area contributed by atoms with E-state index in [1.165, 1.54) is 12.8 Å². The van der Waals surface area contributed by atoms with Gasteiger partial charge in [-0.15, -0.1) is 0 Å². The number of hydrogen-bond donors (Lipinski definition) is 3.